The van der Waals surface area contributed by atoms with Crippen molar-refractivity contribution in [3.05, 3.63) is 137 Å². The molecule has 0 atom stereocenters. The van der Waals surface area contributed by atoms with Gasteiger partial charge in [-0.2, -0.15) is 13.2 Å². The summed E-state index contributed by atoms with van der Waals surface area (Å²) in [7, 11) is -3.67. The fourth-order valence-electron chi connectivity index (χ4n) is 7.10. The Morgan fingerprint density at radius 1 is 0.807 bits per heavy atom. The van der Waals surface area contributed by atoms with Crippen LogP contribution >= 0.6 is 23.5 Å². The summed E-state index contributed by atoms with van der Waals surface area (Å²) in [5.74, 6) is 0. The number of hydrogen-bond donors (Lipinski definition) is 3. The van der Waals surface area contributed by atoms with Crippen molar-refractivity contribution < 1.29 is 26.4 Å². The van der Waals surface area contributed by atoms with Crippen LogP contribution in [0.2, 0.25) is 5.02 Å². The highest BCUT2D eigenvalue weighted by Gasteiger charge is 2.48. The second kappa shape index (κ2) is 16.7. The summed E-state index contributed by atoms with van der Waals surface area (Å²) in [6.07, 6.45) is 6.29. The van der Waals surface area contributed by atoms with Crippen LogP contribution in [0.25, 0.3) is 22.4 Å². The Morgan fingerprint density at radius 3 is 2.19 bits per heavy atom. The Hall–Kier alpha value is -5.31. The topological polar surface area (TPSA) is 98.7 Å². The molecule has 4 aromatic carbocycles. The van der Waals surface area contributed by atoms with Crippen LogP contribution < -0.4 is 20.5 Å². The third-order valence-corrected chi connectivity index (χ3v) is 12.9. The fourth-order valence-corrected chi connectivity index (χ4v) is 8.93. The molecule has 0 saturated carbocycles. The summed E-state index contributed by atoms with van der Waals surface area (Å²) in [5, 5.41) is 0.645. The zero-order chi connectivity index (χ0) is 40.3. The summed E-state index contributed by atoms with van der Waals surface area (Å²) in [4.78, 5) is 16.9. The number of aromatic nitrogens is 1. The number of aldehydes is 1. The fraction of sp³-hybridized carbons (Fsp3) is 0.214. The number of piperazine rings is 1. The van der Waals surface area contributed by atoms with Crippen molar-refractivity contribution in [1.82, 2.24) is 14.9 Å². The van der Waals surface area contributed by atoms with Crippen LogP contribution in [-0.2, 0) is 16.9 Å². The molecule has 0 bridgehead atoms. The van der Waals surface area contributed by atoms with E-state index < -0.39 is 20.2 Å². The van der Waals surface area contributed by atoms with Gasteiger partial charge in [0.2, 0.25) is 0 Å². The first kappa shape index (κ1) is 39.9. The summed E-state index contributed by atoms with van der Waals surface area (Å²) < 4.78 is 70.9. The van der Waals surface area contributed by atoms with Crippen LogP contribution in [0.15, 0.2) is 130 Å². The first-order valence-corrected chi connectivity index (χ1v) is 20.9. The zero-order valence-electron chi connectivity index (χ0n) is 31.1. The molecule has 15 heteroatoms. The number of rotatable bonds is 12. The molecule has 0 unspecified atom stereocenters. The van der Waals surface area contributed by atoms with Gasteiger partial charge in [0.05, 0.1) is 17.1 Å². The number of carbonyl (C=O) groups excluding carboxylic acids is 1. The Kier molecular flexibility index (Phi) is 11.7. The van der Waals surface area contributed by atoms with E-state index in [4.69, 9.17) is 11.6 Å². The third-order valence-electron chi connectivity index (χ3n) is 10.2. The second-order valence-electron chi connectivity index (χ2n) is 13.7. The Balaban J connectivity index is 1.00. The maximum Gasteiger partial charge on any atom is 0.501 e. The molecule has 1 aliphatic carbocycles. The van der Waals surface area contributed by atoms with Crippen LogP contribution in [-0.4, -0.2) is 55.9 Å². The number of nitrogens with one attached hydrogen (secondary N) is 3. The van der Waals surface area contributed by atoms with Gasteiger partial charge in [-0.1, -0.05) is 54.1 Å². The quantitative estimate of drug-likeness (QED) is 0.0645. The number of carbonyl (C=O) groups is 1. The van der Waals surface area contributed by atoms with Crippen molar-refractivity contribution in [3.8, 4) is 22.4 Å². The normalized spacial score (nSPS) is 14.8. The number of hydrogen-bond acceptors (Lipinski definition) is 9. The van der Waals surface area contributed by atoms with Crippen molar-refractivity contribution in [2.45, 2.75) is 35.1 Å². The molecule has 1 fully saturated rings. The van der Waals surface area contributed by atoms with Gasteiger partial charge in [0, 0.05) is 77.0 Å². The SMILES string of the molecule is Cc1c(C=O)c(-c2cccc(N3CCN(C4=CC=C(NNc5ccc(NSc6ccccc6)c(S(=O)(=O)C(F)(F)F)c5)CC4)CC3)c2)c(-c2ccc(Cl)cc2)n1C. The molecule has 1 aliphatic heterocycles. The van der Waals surface area contributed by atoms with Crippen LogP contribution in [0.1, 0.15) is 28.9 Å². The number of sulfone groups is 1. The summed E-state index contributed by atoms with van der Waals surface area (Å²) in [5.41, 5.74) is 8.84. The molecule has 1 saturated heterocycles. The van der Waals surface area contributed by atoms with Crippen molar-refractivity contribution >= 4 is 56.7 Å². The van der Waals surface area contributed by atoms with Gasteiger partial charge in [-0.15, -0.1) is 0 Å². The van der Waals surface area contributed by atoms with E-state index >= 15 is 0 Å². The largest absolute Gasteiger partial charge is 0.501 e. The molecule has 3 N–H and O–H groups in total. The number of anilines is 3. The van der Waals surface area contributed by atoms with Crippen LogP contribution in [0, 0.1) is 6.92 Å². The van der Waals surface area contributed by atoms with Crippen molar-refractivity contribution in [3.63, 3.8) is 0 Å². The van der Waals surface area contributed by atoms with E-state index in [1.165, 1.54) is 17.8 Å². The molecular weight excluding hydrogens is 793 g/mol. The predicted octanol–water partition coefficient (Wildman–Crippen LogP) is 9.85. The smallest absolute Gasteiger partial charge is 0.371 e. The Morgan fingerprint density at radius 2 is 1.53 bits per heavy atom. The molecule has 57 heavy (non-hydrogen) atoms. The molecule has 296 valence electrons. The number of alkyl halides is 3. The highest BCUT2D eigenvalue weighted by molar-refractivity contribution is 8.00. The van der Waals surface area contributed by atoms with E-state index in [0.29, 0.717) is 21.9 Å². The van der Waals surface area contributed by atoms with Gasteiger partial charge in [0.25, 0.3) is 9.84 Å². The average Bonchev–Trinajstić information content (AvgIpc) is 3.48. The second-order valence-corrected chi connectivity index (χ2v) is 16.9. The first-order valence-electron chi connectivity index (χ1n) is 18.2. The maximum atomic E-state index is 13.7. The summed E-state index contributed by atoms with van der Waals surface area (Å²) in [6, 6.07) is 28.6. The van der Waals surface area contributed by atoms with Crippen LogP contribution in [0.5, 0.6) is 0 Å². The van der Waals surface area contributed by atoms with E-state index in [9.17, 15) is 26.4 Å². The third kappa shape index (κ3) is 8.53. The van der Waals surface area contributed by atoms with Crippen LogP contribution in [0.4, 0.5) is 30.2 Å². The number of nitrogens with zero attached hydrogens (tertiary/aromatic N) is 3. The predicted molar refractivity (Wildman–Crippen MR) is 223 cm³/mol. The molecule has 7 rings (SSSR count). The molecule has 1 aromatic heterocycles. The molecule has 0 spiro atoms. The van der Waals surface area contributed by atoms with Gasteiger partial charge in [-0.25, -0.2) is 8.42 Å². The maximum absolute atomic E-state index is 13.7. The van der Waals surface area contributed by atoms with Gasteiger partial charge < -0.3 is 29.9 Å². The standard InChI is InChI=1S/C42H40ClF3N6O3S2/c1-28-37(27-53)40(41(50(28)2)29-11-13-31(43)14-12-29)30-7-6-8-35(25-30)52-23-21-51(22-24-52)34-18-15-32(16-19-34)47-48-33-17-20-38(49-56-36-9-4-3-5-10-36)39(26-33)57(54,55)42(44,45)46/h3-15,17-18,20,25-27,47-49H,16,19,21-24H2,1-2H3. The minimum absolute atomic E-state index is 0.162. The van der Waals surface area contributed by atoms with Gasteiger partial charge in [-0.3, -0.25) is 4.79 Å². The first-order chi connectivity index (χ1) is 27.3. The Labute approximate surface area is 339 Å². The lowest BCUT2D eigenvalue weighted by molar-refractivity contribution is -0.0435. The molecule has 2 heterocycles. The molecular formula is C42H40ClF3N6O3S2. The average molecular weight is 833 g/mol. The van der Waals surface area contributed by atoms with Gasteiger partial charge in [0.15, 0.2) is 6.29 Å². The van der Waals surface area contributed by atoms with Crippen molar-refractivity contribution in [2.75, 3.05) is 41.2 Å². The highest BCUT2D eigenvalue weighted by Crippen LogP contribution is 2.40. The molecule has 9 nitrogen and oxygen atoms in total. The van der Waals surface area contributed by atoms with E-state index in [1.807, 2.05) is 62.5 Å². The number of halogens is 4. The number of benzene rings is 4. The minimum atomic E-state index is -5.64. The lowest BCUT2D eigenvalue weighted by Gasteiger charge is -2.39. The lowest BCUT2D eigenvalue weighted by atomic mass is 9.97. The molecule has 0 radical (unpaired) electrons. The van der Waals surface area contributed by atoms with E-state index in [1.54, 1.807) is 30.3 Å². The van der Waals surface area contributed by atoms with Crippen molar-refractivity contribution in [2.24, 2.45) is 7.05 Å². The van der Waals surface area contributed by atoms with Gasteiger partial charge >= 0.3 is 5.51 Å². The van der Waals surface area contributed by atoms with Crippen LogP contribution in [0.3, 0.4) is 0 Å². The summed E-state index contributed by atoms with van der Waals surface area (Å²) >= 11 is 7.20. The molecule has 2 aliphatic rings. The highest BCUT2D eigenvalue weighted by atomic mass is 35.5. The van der Waals surface area contributed by atoms with Gasteiger partial charge in [-0.05, 0) is 110 Å². The zero-order valence-corrected chi connectivity index (χ0v) is 33.5. The summed E-state index contributed by atoms with van der Waals surface area (Å²) in [6.45, 7) is 5.17. The monoisotopic (exact) mass is 832 g/mol. The minimum Gasteiger partial charge on any atom is -0.371 e. The van der Waals surface area contributed by atoms with Crippen molar-refractivity contribution in [1.29, 1.82) is 0 Å². The van der Waals surface area contributed by atoms with E-state index in [2.05, 4.69) is 42.1 Å². The molecule has 0 amide bonds. The van der Waals surface area contributed by atoms with E-state index in [-0.39, 0.29) is 11.4 Å². The number of allylic oxidation sites excluding steroid dienone is 4. The number of hydrazine groups is 1. The Bertz CT molecular complexity index is 2450. The lowest BCUT2D eigenvalue weighted by Crippen LogP contribution is -2.46. The van der Waals surface area contributed by atoms with E-state index in [0.717, 1.165) is 96.4 Å². The van der Waals surface area contributed by atoms with Gasteiger partial charge in [0.1, 0.15) is 4.90 Å². The molecule has 5 aromatic rings.